The Hall–Kier alpha value is -0.700. The number of ether oxygens (including phenoxy) is 1. The fourth-order valence-electron chi connectivity index (χ4n) is 2.19. The van der Waals surface area contributed by atoms with Gasteiger partial charge in [-0.1, -0.05) is 0 Å². The first kappa shape index (κ1) is 12.7. The molecule has 0 aromatic rings. The van der Waals surface area contributed by atoms with Crippen molar-refractivity contribution in [1.29, 1.82) is 0 Å². The topological polar surface area (TPSA) is 87.2 Å². The highest BCUT2D eigenvalue weighted by molar-refractivity contribution is 7.86. The van der Waals surface area contributed by atoms with Crippen LogP contribution in [0.25, 0.3) is 0 Å². The molecule has 8 heteroatoms. The normalized spacial score (nSPS) is 28.4. The van der Waals surface area contributed by atoms with E-state index < -0.39 is 22.2 Å². The number of carboxylic acid groups (broad SMARTS) is 1. The fraction of sp³-hybridized carbons (Fsp3) is 0.889. The van der Waals surface area contributed by atoms with Gasteiger partial charge in [0.05, 0.1) is 13.2 Å². The maximum atomic E-state index is 12.2. The van der Waals surface area contributed by atoms with Crippen LogP contribution in [0, 0.1) is 0 Å². The third-order valence-corrected chi connectivity index (χ3v) is 5.13. The molecule has 0 aromatic heterocycles. The summed E-state index contributed by atoms with van der Waals surface area (Å²) in [4.78, 5) is 11.0. The molecule has 0 aliphatic carbocycles. The van der Waals surface area contributed by atoms with Crippen LogP contribution in [0.5, 0.6) is 0 Å². The van der Waals surface area contributed by atoms with Crippen molar-refractivity contribution in [2.45, 2.75) is 18.9 Å². The standard InChI is InChI=1S/C9H16N2O5S/c12-9(13)8-2-1-3-11(8)17(14,15)10-4-6-16-7-5-10/h8H,1-7H2,(H,12,13). The van der Waals surface area contributed by atoms with E-state index in [0.717, 1.165) is 4.31 Å². The number of rotatable bonds is 3. The Bertz CT molecular complexity index is 390. The highest BCUT2D eigenvalue weighted by Crippen LogP contribution is 2.23. The molecule has 1 atom stereocenters. The zero-order valence-electron chi connectivity index (χ0n) is 9.41. The molecule has 2 heterocycles. The molecule has 0 radical (unpaired) electrons. The minimum atomic E-state index is -3.65. The van der Waals surface area contributed by atoms with E-state index in [9.17, 15) is 13.2 Å². The highest BCUT2D eigenvalue weighted by atomic mass is 32.2. The lowest BCUT2D eigenvalue weighted by Gasteiger charge is -2.31. The minimum absolute atomic E-state index is 0.288. The Morgan fingerprint density at radius 2 is 1.88 bits per heavy atom. The van der Waals surface area contributed by atoms with E-state index >= 15 is 0 Å². The molecule has 98 valence electrons. The van der Waals surface area contributed by atoms with E-state index in [1.807, 2.05) is 0 Å². The molecule has 2 aliphatic heterocycles. The van der Waals surface area contributed by atoms with Crippen molar-refractivity contribution in [3.05, 3.63) is 0 Å². The van der Waals surface area contributed by atoms with Crippen molar-refractivity contribution in [3.8, 4) is 0 Å². The zero-order chi connectivity index (χ0) is 12.5. The number of hydrogen-bond acceptors (Lipinski definition) is 4. The van der Waals surface area contributed by atoms with Gasteiger partial charge in [0.25, 0.3) is 10.2 Å². The van der Waals surface area contributed by atoms with Gasteiger partial charge in [-0.05, 0) is 12.8 Å². The van der Waals surface area contributed by atoms with Crippen LogP contribution in [0.4, 0.5) is 0 Å². The van der Waals surface area contributed by atoms with Gasteiger partial charge >= 0.3 is 5.97 Å². The van der Waals surface area contributed by atoms with E-state index in [1.54, 1.807) is 0 Å². The zero-order valence-corrected chi connectivity index (χ0v) is 10.2. The SMILES string of the molecule is O=C(O)C1CCCN1S(=O)(=O)N1CCOCC1. The Balaban J connectivity index is 2.16. The van der Waals surface area contributed by atoms with Crippen molar-refractivity contribution in [1.82, 2.24) is 8.61 Å². The van der Waals surface area contributed by atoms with Gasteiger partial charge in [0.2, 0.25) is 0 Å². The van der Waals surface area contributed by atoms with E-state index in [1.165, 1.54) is 4.31 Å². The summed E-state index contributed by atoms with van der Waals surface area (Å²) in [6, 6.07) is -0.914. The summed E-state index contributed by atoms with van der Waals surface area (Å²) in [6.45, 7) is 1.61. The Kier molecular flexibility index (Phi) is 3.67. The largest absolute Gasteiger partial charge is 0.480 e. The molecule has 17 heavy (non-hydrogen) atoms. The third kappa shape index (κ3) is 2.44. The second-order valence-electron chi connectivity index (χ2n) is 4.13. The second kappa shape index (κ2) is 4.89. The Morgan fingerprint density at radius 1 is 1.24 bits per heavy atom. The molecule has 0 aromatic carbocycles. The summed E-state index contributed by atoms with van der Waals surface area (Å²) >= 11 is 0. The van der Waals surface area contributed by atoms with Crippen LogP contribution in [-0.4, -0.2) is 67.0 Å². The molecule has 2 aliphatic rings. The number of carboxylic acids is 1. The van der Waals surface area contributed by atoms with Crippen molar-refractivity contribution in [3.63, 3.8) is 0 Å². The molecule has 0 bridgehead atoms. The average molecular weight is 264 g/mol. The quantitative estimate of drug-likeness (QED) is 0.714. The Labute approximate surface area is 100 Å². The van der Waals surface area contributed by atoms with Crippen molar-refractivity contribution < 1.29 is 23.1 Å². The number of aliphatic carboxylic acids is 1. The van der Waals surface area contributed by atoms with Crippen molar-refractivity contribution in [2.24, 2.45) is 0 Å². The number of morpholine rings is 1. The summed E-state index contributed by atoms with van der Waals surface area (Å²) in [5, 5.41) is 9.00. The molecule has 0 amide bonds. The van der Waals surface area contributed by atoms with Crippen LogP contribution >= 0.6 is 0 Å². The van der Waals surface area contributed by atoms with Gasteiger partial charge in [-0.15, -0.1) is 0 Å². The first-order valence-corrected chi connectivity index (χ1v) is 7.00. The predicted octanol–water partition coefficient (Wildman–Crippen LogP) is -0.888. The van der Waals surface area contributed by atoms with Gasteiger partial charge in [0, 0.05) is 19.6 Å². The van der Waals surface area contributed by atoms with Crippen LogP contribution in [0.15, 0.2) is 0 Å². The third-order valence-electron chi connectivity index (χ3n) is 3.08. The van der Waals surface area contributed by atoms with Crippen LogP contribution in [-0.2, 0) is 19.7 Å². The second-order valence-corrected chi connectivity index (χ2v) is 6.01. The maximum absolute atomic E-state index is 12.2. The van der Waals surface area contributed by atoms with E-state index in [4.69, 9.17) is 9.84 Å². The predicted molar refractivity (Wildman–Crippen MR) is 58.7 cm³/mol. The minimum Gasteiger partial charge on any atom is -0.480 e. The number of hydrogen-bond donors (Lipinski definition) is 1. The lowest BCUT2D eigenvalue weighted by Crippen LogP contribution is -2.51. The highest BCUT2D eigenvalue weighted by Gasteiger charge is 2.41. The first-order chi connectivity index (χ1) is 8.03. The van der Waals surface area contributed by atoms with Gasteiger partial charge in [-0.2, -0.15) is 17.0 Å². The lowest BCUT2D eigenvalue weighted by atomic mass is 10.2. The molecule has 0 saturated carbocycles. The summed E-state index contributed by atoms with van der Waals surface area (Å²) < 4.78 is 32.0. The van der Waals surface area contributed by atoms with Gasteiger partial charge in [0.15, 0.2) is 0 Å². The number of nitrogens with zero attached hydrogens (tertiary/aromatic N) is 2. The smallest absolute Gasteiger partial charge is 0.322 e. The van der Waals surface area contributed by atoms with Gasteiger partial charge in [0.1, 0.15) is 6.04 Å². The molecule has 1 N–H and O–H groups in total. The van der Waals surface area contributed by atoms with Crippen LogP contribution in [0.2, 0.25) is 0 Å². The summed E-state index contributed by atoms with van der Waals surface area (Å²) in [7, 11) is -3.65. The molecule has 1 unspecified atom stereocenters. The van der Waals surface area contributed by atoms with Crippen molar-refractivity contribution >= 4 is 16.2 Å². The van der Waals surface area contributed by atoms with Crippen LogP contribution in [0.3, 0.4) is 0 Å². The van der Waals surface area contributed by atoms with Crippen molar-refractivity contribution in [2.75, 3.05) is 32.8 Å². The molecule has 0 spiro atoms. The summed E-state index contributed by atoms with van der Waals surface area (Å²) in [6.07, 6.45) is 0.986. The number of carbonyl (C=O) groups is 1. The fourth-order valence-corrected chi connectivity index (χ4v) is 3.97. The molecule has 2 saturated heterocycles. The van der Waals surface area contributed by atoms with Crippen LogP contribution in [0.1, 0.15) is 12.8 Å². The maximum Gasteiger partial charge on any atom is 0.322 e. The van der Waals surface area contributed by atoms with Crippen LogP contribution < -0.4 is 0 Å². The Morgan fingerprint density at radius 3 is 2.47 bits per heavy atom. The molecule has 2 fully saturated rings. The lowest BCUT2D eigenvalue weighted by molar-refractivity contribution is -0.140. The molecular weight excluding hydrogens is 248 g/mol. The monoisotopic (exact) mass is 264 g/mol. The summed E-state index contributed by atoms with van der Waals surface area (Å²) in [5.74, 6) is -1.07. The van der Waals surface area contributed by atoms with E-state index in [-0.39, 0.29) is 6.54 Å². The molecule has 2 rings (SSSR count). The van der Waals surface area contributed by atoms with E-state index in [0.29, 0.717) is 39.1 Å². The first-order valence-electron chi connectivity index (χ1n) is 5.61. The average Bonchev–Trinajstić information content (AvgIpc) is 2.80. The van der Waals surface area contributed by atoms with E-state index in [2.05, 4.69) is 0 Å². The van der Waals surface area contributed by atoms with Gasteiger partial charge in [-0.25, -0.2) is 0 Å². The van der Waals surface area contributed by atoms with Gasteiger partial charge < -0.3 is 9.84 Å². The molecular formula is C9H16N2O5S. The molecule has 7 nitrogen and oxygen atoms in total. The van der Waals surface area contributed by atoms with Gasteiger partial charge in [-0.3, -0.25) is 4.79 Å². The summed E-state index contributed by atoms with van der Waals surface area (Å²) in [5.41, 5.74) is 0.